The summed E-state index contributed by atoms with van der Waals surface area (Å²) in [5.41, 5.74) is 0.555. The first-order valence-corrected chi connectivity index (χ1v) is 5.68. The standard InChI is InChI=1S/C13H13N3O3/c1-7-5-8(2)15-12(18)11(7)13(19)16-9-6-14-4-3-10(9)17/h3-6H,1-2H3,(H,14,17)(H,15,18)(H,16,19). The van der Waals surface area contributed by atoms with Crippen LogP contribution < -0.4 is 16.3 Å². The summed E-state index contributed by atoms with van der Waals surface area (Å²) < 4.78 is 0. The Morgan fingerprint density at radius 3 is 2.63 bits per heavy atom. The Bertz CT molecular complexity index is 743. The SMILES string of the molecule is Cc1cc(C)c(C(=O)Nc2c[nH]ccc2=O)c(=O)[nH]1. The molecule has 1 amide bonds. The Kier molecular flexibility index (Phi) is 3.33. The van der Waals surface area contributed by atoms with Gasteiger partial charge in [-0.2, -0.15) is 0 Å². The van der Waals surface area contributed by atoms with Gasteiger partial charge >= 0.3 is 0 Å². The zero-order chi connectivity index (χ0) is 14.0. The highest BCUT2D eigenvalue weighted by Crippen LogP contribution is 2.06. The lowest BCUT2D eigenvalue weighted by atomic mass is 10.1. The molecule has 0 radical (unpaired) electrons. The minimum Gasteiger partial charge on any atom is -0.366 e. The third-order valence-electron chi connectivity index (χ3n) is 2.66. The van der Waals surface area contributed by atoms with E-state index in [4.69, 9.17) is 0 Å². The van der Waals surface area contributed by atoms with E-state index in [2.05, 4.69) is 15.3 Å². The molecule has 2 aromatic heterocycles. The molecular weight excluding hydrogens is 246 g/mol. The monoisotopic (exact) mass is 259 g/mol. The Hall–Kier alpha value is -2.63. The number of hydrogen-bond donors (Lipinski definition) is 3. The minimum absolute atomic E-state index is 0.00820. The second-order valence-electron chi connectivity index (χ2n) is 4.22. The number of aromatic nitrogens is 2. The number of pyridine rings is 2. The van der Waals surface area contributed by atoms with Crippen LogP contribution in [0.2, 0.25) is 0 Å². The zero-order valence-electron chi connectivity index (χ0n) is 10.5. The van der Waals surface area contributed by atoms with E-state index >= 15 is 0 Å². The summed E-state index contributed by atoms with van der Waals surface area (Å²) in [6.45, 7) is 3.41. The van der Waals surface area contributed by atoms with Gasteiger partial charge in [0.25, 0.3) is 11.5 Å². The van der Waals surface area contributed by atoms with Crippen molar-refractivity contribution in [2.24, 2.45) is 0 Å². The summed E-state index contributed by atoms with van der Waals surface area (Å²) in [6.07, 6.45) is 2.83. The van der Waals surface area contributed by atoms with Crippen molar-refractivity contribution in [3.63, 3.8) is 0 Å². The third kappa shape index (κ3) is 2.62. The molecule has 2 rings (SSSR count). The quantitative estimate of drug-likeness (QED) is 0.748. The van der Waals surface area contributed by atoms with Gasteiger partial charge < -0.3 is 15.3 Å². The summed E-state index contributed by atoms with van der Waals surface area (Å²) in [5, 5.41) is 2.42. The Morgan fingerprint density at radius 1 is 1.26 bits per heavy atom. The van der Waals surface area contributed by atoms with Gasteiger partial charge in [-0.15, -0.1) is 0 Å². The molecule has 2 aromatic rings. The molecule has 0 bridgehead atoms. The summed E-state index contributed by atoms with van der Waals surface area (Å²) in [6, 6.07) is 2.99. The number of nitrogens with one attached hydrogen (secondary N) is 3. The second kappa shape index (κ2) is 4.93. The van der Waals surface area contributed by atoms with E-state index in [1.54, 1.807) is 19.9 Å². The molecule has 98 valence electrons. The number of anilines is 1. The van der Waals surface area contributed by atoms with Gasteiger partial charge in [0.05, 0.1) is 0 Å². The molecule has 0 spiro atoms. The number of carbonyl (C=O) groups is 1. The summed E-state index contributed by atoms with van der Waals surface area (Å²) in [5.74, 6) is -0.601. The largest absolute Gasteiger partial charge is 0.366 e. The van der Waals surface area contributed by atoms with Crippen molar-refractivity contribution in [3.05, 3.63) is 61.9 Å². The highest BCUT2D eigenvalue weighted by Gasteiger charge is 2.15. The minimum atomic E-state index is -0.601. The van der Waals surface area contributed by atoms with E-state index in [0.29, 0.717) is 11.3 Å². The summed E-state index contributed by atoms with van der Waals surface area (Å²) in [7, 11) is 0. The molecule has 6 nitrogen and oxygen atoms in total. The molecule has 0 saturated heterocycles. The maximum absolute atomic E-state index is 12.0. The molecule has 19 heavy (non-hydrogen) atoms. The Morgan fingerprint density at radius 2 is 2.00 bits per heavy atom. The fraction of sp³-hybridized carbons (Fsp3) is 0.154. The average Bonchev–Trinajstić information content (AvgIpc) is 2.30. The van der Waals surface area contributed by atoms with Gasteiger partial charge in [-0.25, -0.2) is 0 Å². The number of aromatic amines is 2. The van der Waals surface area contributed by atoms with E-state index in [9.17, 15) is 14.4 Å². The lowest BCUT2D eigenvalue weighted by molar-refractivity contribution is 0.102. The number of rotatable bonds is 2. The fourth-order valence-corrected chi connectivity index (χ4v) is 1.83. The third-order valence-corrected chi connectivity index (χ3v) is 2.66. The maximum Gasteiger partial charge on any atom is 0.261 e. The first-order valence-electron chi connectivity index (χ1n) is 5.68. The normalized spacial score (nSPS) is 10.2. The van der Waals surface area contributed by atoms with Crippen LogP contribution in [0.1, 0.15) is 21.6 Å². The predicted octanol–water partition coefficient (Wildman–Crippen LogP) is 0.932. The average molecular weight is 259 g/mol. The molecule has 0 aliphatic rings. The van der Waals surface area contributed by atoms with Gasteiger partial charge in [-0.3, -0.25) is 14.4 Å². The number of carbonyl (C=O) groups excluding carboxylic acids is 1. The first kappa shape index (κ1) is 12.8. The molecule has 0 saturated carbocycles. The van der Waals surface area contributed by atoms with Crippen molar-refractivity contribution in [2.75, 3.05) is 5.32 Å². The van der Waals surface area contributed by atoms with Gasteiger partial charge in [-0.1, -0.05) is 0 Å². The summed E-state index contributed by atoms with van der Waals surface area (Å²) >= 11 is 0. The van der Waals surface area contributed by atoms with Gasteiger partial charge in [0.1, 0.15) is 11.3 Å². The number of hydrogen-bond acceptors (Lipinski definition) is 3. The Balaban J connectivity index is 2.39. The topological polar surface area (TPSA) is 94.8 Å². The van der Waals surface area contributed by atoms with Gasteiger partial charge in [-0.05, 0) is 25.5 Å². The number of amides is 1. The molecule has 0 aliphatic carbocycles. The lowest BCUT2D eigenvalue weighted by Gasteiger charge is -2.06. The maximum atomic E-state index is 12.0. The fourth-order valence-electron chi connectivity index (χ4n) is 1.83. The molecule has 6 heteroatoms. The molecule has 0 aromatic carbocycles. The van der Waals surface area contributed by atoms with Gasteiger partial charge in [0.15, 0.2) is 0 Å². The number of H-pyrrole nitrogens is 2. The Labute approximate surface area is 108 Å². The molecule has 0 atom stereocenters. The molecule has 0 aliphatic heterocycles. The first-order chi connectivity index (χ1) is 8.99. The highest BCUT2D eigenvalue weighted by atomic mass is 16.2. The predicted molar refractivity (Wildman–Crippen MR) is 71.6 cm³/mol. The van der Waals surface area contributed by atoms with E-state index < -0.39 is 11.5 Å². The van der Waals surface area contributed by atoms with Gasteiger partial charge in [0.2, 0.25) is 5.43 Å². The van der Waals surface area contributed by atoms with Crippen LogP contribution in [0.25, 0.3) is 0 Å². The smallest absolute Gasteiger partial charge is 0.261 e. The lowest BCUT2D eigenvalue weighted by Crippen LogP contribution is -2.27. The molecule has 3 N–H and O–H groups in total. The van der Waals surface area contributed by atoms with Crippen LogP contribution in [0.4, 0.5) is 5.69 Å². The van der Waals surface area contributed by atoms with E-state index in [-0.39, 0.29) is 16.7 Å². The molecule has 0 unspecified atom stereocenters. The van der Waals surface area contributed by atoms with Crippen LogP contribution in [-0.2, 0) is 0 Å². The van der Waals surface area contributed by atoms with Crippen molar-refractivity contribution in [1.29, 1.82) is 0 Å². The van der Waals surface area contributed by atoms with E-state index in [1.807, 2.05) is 0 Å². The van der Waals surface area contributed by atoms with E-state index in [0.717, 1.165) is 0 Å². The molecule has 2 heterocycles. The molecular formula is C13H13N3O3. The van der Waals surface area contributed by atoms with E-state index in [1.165, 1.54) is 18.5 Å². The van der Waals surface area contributed by atoms with Crippen LogP contribution in [0.15, 0.2) is 34.1 Å². The van der Waals surface area contributed by atoms with Crippen molar-refractivity contribution in [2.45, 2.75) is 13.8 Å². The van der Waals surface area contributed by atoms with Crippen LogP contribution in [0.5, 0.6) is 0 Å². The highest BCUT2D eigenvalue weighted by molar-refractivity contribution is 6.04. The number of aryl methyl sites for hydroxylation is 2. The van der Waals surface area contributed by atoms with Crippen molar-refractivity contribution in [1.82, 2.24) is 9.97 Å². The van der Waals surface area contributed by atoms with Crippen molar-refractivity contribution >= 4 is 11.6 Å². The van der Waals surface area contributed by atoms with Crippen molar-refractivity contribution < 1.29 is 4.79 Å². The van der Waals surface area contributed by atoms with Crippen LogP contribution in [0, 0.1) is 13.8 Å². The zero-order valence-corrected chi connectivity index (χ0v) is 10.5. The van der Waals surface area contributed by atoms with Crippen molar-refractivity contribution in [3.8, 4) is 0 Å². The van der Waals surface area contributed by atoms with Gasteiger partial charge in [0, 0.05) is 24.2 Å². The second-order valence-corrected chi connectivity index (χ2v) is 4.22. The van der Waals surface area contributed by atoms with Crippen LogP contribution >= 0.6 is 0 Å². The summed E-state index contributed by atoms with van der Waals surface area (Å²) in [4.78, 5) is 40.6. The van der Waals surface area contributed by atoms with Crippen LogP contribution in [0.3, 0.4) is 0 Å². The van der Waals surface area contributed by atoms with Crippen LogP contribution in [-0.4, -0.2) is 15.9 Å². The molecule has 0 fully saturated rings.